The zero-order valence-electron chi connectivity index (χ0n) is 10.8. The first-order valence-corrected chi connectivity index (χ1v) is 6.67. The standard InChI is InChI=1S/C16H19ClO/c1-3-4-5-6-13(2)16(18)12-9-14-7-10-15(17)11-8-14/h7-12H,2-6H2,1H3. The molecule has 0 aliphatic carbocycles. The number of halogens is 1. The molecular weight excluding hydrogens is 244 g/mol. The summed E-state index contributed by atoms with van der Waals surface area (Å²) >= 11 is 5.79. The monoisotopic (exact) mass is 262 g/mol. The minimum absolute atomic E-state index is 0.0149. The molecule has 0 unspecified atom stereocenters. The van der Waals surface area contributed by atoms with Gasteiger partial charge in [0.15, 0.2) is 5.78 Å². The number of rotatable bonds is 7. The van der Waals surface area contributed by atoms with Gasteiger partial charge in [-0.3, -0.25) is 4.79 Å². The average molecular weight is 263 g/mol. The normalized spacial score (nSPS) is 10.8. The van der Waals surface area contributed by atoms with Crippen molar-refractivity contribution in [1.82, 2.24) is 0 Å². The Balaban J connectivity index is 2.48. The van der Waals surface area contributed by atoms with Crippen LogP contribution in [-0.4, -0.2) is 5.78 Å². The molecule has 2 heteroatoms. The molecule has 0 saturated carbocycles. The molecule has 0 spiro atoms. The van der Waals surface area contributed by atoms with Crippen molar-refractivity contribution in [2.24, 2.45) is 0 Å². The Labute approximate surface area is 114 Å². The molecule has 0 atom stereocenters. The summed E-state index contributed by atoms with van der Waals surface area (Å²) in [5.74, 6) is 0.0149. The molecule has 0 N–H and O–H groups in total. The maximum atomic E-state index is 11.8. The fourth-order valence-electron chi connectivity index (χ4n) is 1.58. The summed E-state index contributed by atoms with van der Waals surface area (Å²) in [4.78, 5) is 11.8. The topological polar surface area (TPSA) is 17.1 Å². The number of hydrogen-bond donors (Lipinski definition) is 0. The van der Waals surface area contributed by atoms with Gasteiger partial charge in [0.05, 0.1) is 0 Å². The smallest absolute Gasteiger partial charge is 0.181 e. The van der Waals surface area contributed by atoms with Crippen LogP contribution in [0.3, 0.4) is 0 Å². The van der Waals surface area contributed by atoms with Gasteiger partial charge in [0.1, 0.15) is 0 Å². The highest BCUT2D eigenvalue weighted by Gasteiger charge is 2.02. The maximum absolute atomic E-state index is 11.8. The summed E-state index contributed by atoms with van der Waals surface area (Å²) in [6.45, 7) is 5.97. The van der Waals surface area contributed by atoms with Crippen molar-refractivity contribution in [3.05, 3.63) is 53.1 Å². The Hall–Kier alpha value is -1.34. The lowest BCUT2D eigenvalue weighted by molar-refractivity contribution is -0.111. The second-order valence-corrected chi connectivity index (χ2v) is 4.75. The van der Waals surface area contributed by atoms with Crippen molar-refractivity contribution in [1.29, 1.82) is 0 Å². The van der Waals surface area contributed by atoms with E-state index in [4.69, 9.17) is 11.6 Å². The van der Waals surface area contributed by atoms with Crippen molar-refractivity contribution in [3.8, 4) is 0 Å². The van der Waals surface area contributed by atoms with Crippen molar-refractivity contribution in [2.75, 3.05) is 0 Å². The van der Waals surface area contributed by atoms with Crippen molar-refractivity contribution in [3.63, 3.8) is 0 Å². The number of allylic oxidation sites excluding steroid dienone is 2. The molecule has 1 rings (SSSR count). The maximum Gasteiger partial charge on any atom is 0.181 e. The van der Waals surface area contributed by atoms with E-state index in [9.17, 15) is 4.79 Å². The highest BCUT2D eigenvalue weighted by Crippen LogP contribution is 2.12. The Kier molecular flexibility index (Phi) is 6.45. The molecule has 0 aliphatic rings. The van der Waals surface area contributed by atoms with E-state index in [0.29, 0.717) is 10.6 Å². The summed E-state index contributed by atoms with van der Waals surface area (Å²) in [6, 6.07) is 7.38. The summed E-state index contributed by atoms with van der Waals surface area (Å²) in [7, 11) is 0. The predicted octanol–water partition coefficient (Wildman–Crippen LogP) is 5.06. The van der Waals surface area contributed by atoms with E-state index in [1.165, 1.54) is 0 Å². The van der Waals surface area contributed by atoms with Crippen molar-refractivity contribution < 1.29 is 4.79 Å². The second kappa shape index (κ2) is 7.88. The SMILES string of the molecule is C=C(CCCCC)C(=O)C=Cc1ccc(Cl)cc1. The van der Waals surface area contributed by atoms with E-state index in [-0.39, 0.29) is 5.78 Å². The number of unbranched alkanes of at least 4 members (excludes halogenated alkanes) is 2. The van der Waals surface area contributed by atoms with E-state index in [1.54, 1.807) is 12.2 Å². The summed E-state index contributed by atoms with van der Waals surface area (Å²) in [6.07, 6.45) is 7.50. The molecule has 1 aromatic rings. The number of benzene rings is 1. The van der Waals surface area contributed by atoms with Crippen LogP contribution >= 0.6 is 11.6 Å². The van der Waals surface area contributed by atoms with Crippen molar-refractivity contribution in [2.45, 2.75) is 32.6 Å². The van der Waals surface area contributed by atoms with E-state index in [0.717, 1.165) is 31.2 Å². The summed E-state index contributed by atoms with van der Waals surface area (Å²) < 4.78 is 0. The Morgan fingerprint density at radius 2 is 1.94 bits per heavy atom. The number of hydrogen-bond acceptors (Lipinski definition) is 1. The van der Waals surface area contributed by atoms with Gasteiger partial charge < -0.3 is 0 Å². The molecule has 1 nitrogen and oxygen atoms in total. The summed E-state index contributed by atoms with van der Waals surface area (Å²) in [5.41, 5.74) is 1.66. The Morgan fingerprint density at radius 1 is 1.28 bits per heavy atom. The van der Waals surface area contributed by atoms with Crippen LogP contribution in [0, 0.1) is 0 Å². The third-order valence-electron chi connectivity index (χ3n) is 2.73. The Morgan fingerprint density at radius 3 is 2.56 bits per heavy atom. The largest absolute Gasteiger partial charge is 0.290 e. The van der Waals surface area contributed by atoms with E-state index >= 15 is 0 Å². The number of ketones is 1. The molecule has 18 heavy (non-hydrogen) atoms. The first kappa shape index (κ1) is 14.7. The van der Waals surface area contributed by atoms with E-state index in [1.807, 2.05) is 24.3 Å². The van der Waals surface area contributed by atoms with Crippen LogP contribution in [0.4, 0.5) is 0 Å². The van der Waals surface area contributed by atoms with Gasteiger partial charge in [0, 0.05) is 5.02 Å². The molecule has 0 bridgehead atoms. The lowest BCUT2D eigenvalue weighted by Gasteiger charge is -2.00. The lowest BCUT2D eigenvalue weighted by Crippen LogP contribution is -1.96. The second-order valence-electron chi connectivity index (χ2n) is 4.31. The van der Waals surface area contributed by atoms with Crippen LogP contribution in [0.5, 0.6) is 0 Å². The minimum Gasteiger partial charge on any atom is -0.290 e. The Bertz CT molecular complexity index is 429. The molecule has 96 valence electrons. The van der Waals surface area contributed by atoms with Crippen LogP contribution in [0.2, 0.25) is 5.02 Å². The third-order valence-corrected chi connectivity index (χ3v) is 2.98. The van der Waals surface area contributed by atoms with Crippen molar-refractivity contribution >= 4 is 23.5 Å². The molecule has 0 fully saturated rings. The highest BCUT2D eigenvalue weighted by atomic mass is 35.5. The van der Waals surface area contributed by atoms with Crippen LogP contribution in [0.25, 0.3) is 6.08 Å². The predicted molar refractivity (Wildman–Crippen MR) is 78.8 cm³/mol. The molecular formula is C16H19ClO. The van der Waals surface area contributed by atoms with E-state index in [2.05, 4.69) is 13.5 Å². The molecule has 0 aromatic heterocycles. The first-order chi connectivity index (χ1) is 8.63. The number of carbonyl (C=O) groups is 1. The molecule has 1 aromatic carbocycles. The zero-order valence-corrected chi connectivity index (χ0v) is 11.5. The van der Waals surface area contributed by atoms with E-state index < -0.39 is 0 Å². The van der Waals surface area contributed by atoms with Crippen LogP contribution < -0.4 is 0 Å². The van der Waals surface area contributed by atoms with Gasteiger partial charge in [-0.1, -0.05) is 56.2 Å². The molecule has 0 aliphatic heterocycles. The van der Waals surface area contributed by atoms with Gasteiger partial charge in [-0.25, -0.2) is 0 Å². The molecule has 0 radical (unpaired) electrons. The first-order valence-electron chi connectivity index (χ1n) is 6.29. The lowest BCUT2D eigenvalue weighted by atomic mass is 10.0. The molecule has 0 heterocycles. The van der Waals surface area contributed by atoms with Gasteiger partial charge in [-0.2, -0.15) is 0 Å². The highest BCUT2D eigenvalue weighted by molar-refractivity contribution is 6.30. The molecule has 0 amide bonds. The number of carbonyl (C=O) groups excluding carboxylic acids is 1. The molecule has 0 saturated heterocycles. The fraction of sp³-hybridized carbons (Fsp3) is 0.312. The zero-order chi connectivity index (χ0) is 13.4. The van der Waals surface area contributed by atoms with Gasteiger partial charge >= 0.3 is 0 Å². The quantitative estimate of drug-likeness (QED) is 0.496. The van der Waals surface area contributed by atoms with Crippen LogP contribution in [-0.2, 0) is 4.79 Å². The van der Waals surface area contributed by atoms with Gasteiger partial charge in [-0.15, -0.1) is 0 Å². The minimum atomic E-state index is 0.0149. The van der Waals surface area contributed by atoms with Gasteiger partial charge in [-0.05, 0) is 42.2 Å². The fourth-order valence-corrected chi connectivity index (χ4v) is 1.70. The van der Waals surface area contributed by atoms with Gasteiger partial charge in [0.2, 0.25) is 0 Å². The average Bonchev–Trinajstić information content (AvgIpc) is 2.38. The van der Waals surface area contributed by atoms with Crippen LogP contribution in [0.15, 0.2) is 42.5 Å². The third kappa shape index (κ3) is 5.33. The van der Waals surface area contributed by atoms with Gasteiger partial charge in [0.25, 0.3) is 0 Å². The van der Waals surface area contributed by atoms with Crippen LogP contribution in [0.1, 0.15) is 38.2 Å². The summed E-state index contributed by atoms with van der Waals surface area (Å²) in [5, 5.41) is 0.697.